The number of rotatable bonds is 1. The fourth-order valence-electron chi connectivity index (χ4n) is 0.619. The van der Waals surface area contributed by atoms with Crippen molar-refractivity contribution in [3.8, 4) is 5.75 Å². The molecule has 0 atom stereocenters. The first-order chi connectivity index (χ1) is 5.57. The average molecular weight is 184 g/mol. The van der Waals surface area contributed by atoms with Gasteiger partial charge in [-0.3, -0.25) is 4.94 Å². The van der Waals surface area contributed by atoms with Crippen molar-refractivity contribution in [2.24, 2.45) is 0 Å². The third kappa shape index (κ3) is 1.19. The van der Waals surface area contributed by atoms with Gasteiger partial charge in [0.25, 0.3) is 0 Å². The first kappa shape index (κ1) is 8.76. The molecule has 0 fully saturated rings. The lowest BCUT2D eigenvalue weighted by atomic mass is 10.3. The van der Waals surface area contributed by atoms with E-state index in [1.165, 1.54) is 0 Å². The Morgan fingerprint density at radius 3 is 1.67 bits per heavy atom. The Labute approximate surface area is 63.3 Å². The van der Waals surface area contributed by atoms with Crippen molar-refractivity contribution in [3.63, 3.8) is 0 Å². The summed E-state index contributed by atoms with van der Waals surface area (Å²) in [6.07, 6.45) is 0. The van der Waals surface area contributed by atoms with E-state index in [0.717, 1.165) is 0 Å². The molecule has 1 rings (SSSR count). The molecule has 0 saturated heterocycles. The molecule has 0 aliphatic heterocycles. The fraction of sp³-hybridized carbons (Fsp3) is 0. The fourth-order valence-corrected chi connectivity index (χ4v) is 0.619. The van der Waals surface area contributed by atoms with Crippen LogP contribution in [0.1, 0.15) is 0 Å². The third-order valence-electron chi connectivity index (χ3n) is 1.15. The zero-order valence-electron chi connectivity index (χ0n) is 5.38. The zero-order chi connectivity index (χ0) is 9.30. The molecule has 1 aromatic carbocycles. The van der Waals surface area contributed by atoms with E-state index >= 15 is 0 Å². The van der Waals surface area contributed by atoms with Gasteiger partial charge < -0.3 is 0 Å². The van der Waals surface area contributed by atoms with Crippen LogP contribution in [0.2, 0.25) is 0 Å². The first-order valence-corrected chi connectivity index (χ1v) is 2.69. The Hall–Kier alpha value is -1.33. The second-order valence-electron chi connectivity index (χ2n) is 1.87. The van der Waals surface area contributed by atoms with E-state index in [0.29, 0.717) is 0 Å². The Balaban J connectivity index is 3.42. The average Bonchev–Trinajstić information content (AvgIpc) is 2.02. The molecular formula is C6HF5O. The van der Waals surface area contributed by atoms with E-state index in [4.69, 9.17) is 0 Å². The van der Waals surface area contributed by atoms with Gasteiger partial charge in [-0.15, -0.1) is 0 Å². The maximum Gasteiger partial charge on any atom is 0.249 e. The van der Waals surface area contributed by atoms with Crippen molar-refractivity contribution in [1.82, 2.24) is 0 Å². The summed E-state index contributed by atoms with van der Waals surface area (Å²) in [7, 11) is 0. The predicted octanol–water partition coefficient (Wildman–Crippen LogP) is 2.51. The highest BCUT2D eigenvalue weighted by Gasteiger charge is 2.21. The number of benzene rings is 1. The van der Waals surface area contributed by atoms with Crippen LogP contribution in [0.15, 0.2) is 6.07 Å². The minimum absolute atomic E-state index is 0.0484. The molecule has 0 unspecified atom stereocenters. The minimum Gasteiger partial charge on any atom is -0.288 e. The molecule has 0 amide bonds. The van der Waals surface area contributed by atoms with E-state index in [1.54, 1.807) is 0 Å². The summed E-state index contributed by atoms with van der Waals surface area (Å²) < 4.78 is 60.2. The predicted molar refractivity (Wildman–Crippen MR) is 28.0 cm³/mol. The highest BCUT2D eigenvalue weighted by Crippen LogP contribution is 2.26. The first-order valence-electron chi connectivity index (χ1n) is 2.69. The lowest BCUT2D eigenvalue weighted by molar-refractivity contribution is -0.0169. The summed E-state index contributed by atoms with van der Waals surface area (Å²) >= 11 is 0. The van der Waals surface area contributed by atoms with Gasteiger partial charge in [0.15, 0.2) is 11.6 Å². The zero-order valence-corrected chi connectivity index (χ0v) is 5.38. The number of hydrogen-bond donors (Lipinski definition) is 0. The molecule has 1 nitrogen and oxygen atoms in total. The van der Waals surface area contributed by atoms with Crippen molar-refractivity contribution in [2.45, 2.75) is 0 Å². The Morgan fingerprint density at radius 2 is 1.33 bits per heavy atom. The molecule has 0 radical (unpaired) electrons. The van der Waals surface area contributed by atoms with Crippen LogP contribution in [0.25, 0.3) is 0 Å². The van der Waals surface area contributed by atoms with Crippen molar-refractivity contribution in [2.75, 3.05) is 0 Å². The normalized spacial score (nSPS) is 10.1. The number of halogens is 5. The van der Waals surface area contributed by atoms with Crippen LogP contribution in [0, 0.1) is 23.3 Å². The standard InChI is InChI=1S/C6HF5O/c7-2-1-3(8)5(10)6(12-11)4(2)9/h1H. The van der Waals surface area contributed by atoms with Gasteiger partial charge in [-0.2, -0.15) is 8.78 Å². The molecule has 0 aromatic heterocycles. The smallest absolute Gasteiger partial charge is 0.249 e. The summed E-state index contributed by atoms with van der Waals surface area (Å²) in [6.45, 7) is 0. The van der Waals surface area contributed by atoms with Gasteiger partial charge in [-0.05, 0) is 0 Å². The Kier molecular flexibility index (Phi) is 2.16. The van der Waals surface area contributed by atoms with Gasteiger partial charge in [-0.1, -0.05) is 0 Å². The van der Waals surface area contributed by atoms with Gasteiger partial charge >= 0.3 is 0 Å². The molecule has 0 aliphatic rings. The van der Waals surface area contributed by atoms with Crippen LogP contribution in [0.4, 0.5) is 22.1 Å². The third-order valence-corrected chi connectivity index (χ3v) is 1.15. The monoisotopic (exact) mass is 184 g/mol. The Morgan fingerprint density at radius 1 is 0.917 bits per heavy atom. The summed E-state index contributed by atoms with van der Waals surface area (Å²) in [4.78, 5) is 2.61. The molecule has 6 heteroatoms. The topological polar surface area (TPSA) is 9.23 Å². The molecule has 0 heterocycles. The van der Waals surface area contributed by atoms with Crippen LogP contribution < -0.4 is 4.94 Å². The molecule has 0 saturated carbocycles. The molecule has 66 valence electrons. The summed E-state index contributed by atoms with van der Waals surface area (Å²) in [5.41, 5.74) is 0. The van der Waals surface area contributed by atoms with Crippen LogP contribution >= 0.6 is 0 Å². The lowest BCUT2D eigenvalue weighted by Crippen LogP contribution is -1.96. The van der Waals surface area contributed by atoms with E-state index in [2.05, 4.69) is 4.94 Å². The SMILES string of the molecule is FOc1c(F)c(F)cc(F)c1F. The lowest BCUT2D eigenvalue weighted by Gasteiger charge is -1.99. The van der Waals surface area contributed by atoms with Crippen molar-refractivity contribution < 1.29 is 27.0 Å². The maximum absolute atomic E-state index is 12.3. The van der Waals surface area contributed by atoms with E-state index in [-0.39, 0.29) is 6.07 Å². The number of hydrogen-bond acceptors (Lipinski definition) is 1. The highest BCUT2D eigenvalue weighted by atomic mass is 19.3. The minimum atomic E-state index is -1.91. The second-order valence-corrected chi connectivity index (χ2v) is 1.87. The highest BCUT2D eigenvalue weighted by molar-refractivity contribution is 5.27. The van der Waals surface area contributed by atoms with Gasteiger partial charge in [0.2, 0.25) is 17.4 Å². The van der Waals surface area contributed by atoms with Gasteiger partial charge in [-0.25, -0.2) is 8.78 Å². The molecule has 12 heavy (non-hydrogen) atoms. The van der Waals surface area contributed by atoms with E-state index < -0.39 is 29.0 Å². The molecule has 0 spiro atoms. The molecular weight excluding hydrogens is 183 g/mol. The second kappa shape index (κ2) is 2.96. The van der Waals surface area contributed by atoms with Crippen molar-refractivity contribution in [3.05, 3.63) is 29.3 Å². The quantitative estimate of drug-likeness (QED) is 0.481. The van der Waals surface area contributed by atoms with Crippen molar-refractivity contribution >= 4 is 0 Å². The summed E-state index contributed by atoms with van der Waals surface area (Å²) in [5, 5.41) is 0. The van der Waals surface area contributed by atoms with Gasteiger partial charge in [0, 0.05) is 10.6 Å². The largest absolute Gasteiger partial charge is 0.288 e. The van der Waals surface area contributed by atoms with Crippen molar-refractivity contribution in [1.29, 1.82) is 0 Å². The van der Waals surface area contributed by atoms with E-state index in [1.807, 2.05) is 0 Å². The molecule has 0 bridgehead atoms. The maximum atomic E-state index is 12.3. The molecule has 1 aromatic rings. The van der Waals surface area contributed by atoms with Crippen LogP contribution in [-0.4, -0.2) is 0 Å². The Bertz CT molecular complexity index is 285. The van der Waals surface area contributed by atoms with Crippen LogP contribution in [0.5, 0.6) is 5.75 Å². The molecule has 0 aliphatic carbocycles. The van der Waals surface area contributed by atoms with Crippen LogP contribution in [0.3, 0.4) is 0 Å². The summed E-state index contributed by atoms with van der Waals surface area (Å²) in [5.74, 6) is -8.97. The van der Waals surface area contributed by atoms with Gasteiger partial charge in [0.1, 0.15) is 0 Å². The van der Waals surface area contributed by atoms with Gasteiger partial charge in [0.05, 0.1) is 0 Å². The summed E-state index contributed by atoms with van der Waals surface area (Å²) in [6, 6.07) is -0.0484. The van der Waals surface area contributed by atoms with E-state index in [9.17, 15) is 22.1 Å². The molecule has 0 N–H and O–H groups in total. The van der Waals surface area contributed by atoms with Crippen LogP contribution in [-0.2, 0) is 0 Å².